The third-order valence-corrected chi connectivity index (χ3v) is 3.62. The second-order valence-electron chi connectivity index (χ2n) is 5.50. The molecular weight excluding hydrogens is 308 g/mol. The zero-order valence-electron chi connectivity index (χ0n) is 14.6. The van der Waals surface area contributed by atoms with Gasteiger partial charge < -0.3 is 20.1 Å². The maximum absolute atomic E-state index is 12.4. The van der Waals surface area contributed by atoms with Crippen LogP contribution in [0.1, 0.15) is 18.2 Å². The maximum Gasteiger partial charge on any atom is 0.244 e. The lowest BCUT2D eigenvalue weighted by molar-refractivity contribution is -0.131. The summed E-state index contributed by atoms with van der Waals surface area (Å²) in [6.07, 6.45) is 0. The highest BCUT2D eigenvalue weighted by atomic mass is 16.5. The van der Waals surface area contributed by atoms with Crippen LogP contribution in [0.5, 0.6) is 11.5 Å². The molecule has 0 spiro atoms. The number of para-hydroxylation sites is 1. The third-order valence-electron chi connectivity index (χ3n) is 3.62. The Labute approximate surface area is 142 Å². The first kappa shape index (κ1) is 17.7. The van der Waals surface area contributed by atoms with Gasteiger partial charge in [0.05, 0.1) is 19.4 Å². The predicted molar refractivity (Wildman–Crippen MR) is 92.0 cm³/mol. The minimum atomic E-state index is -0.0879. The van der Waals surface area contributed by atoms with Crippen molar-refractivity contribution in [3.63, 3.8) is 0 Å². The summed E-state index contributed by atoms with van der Waals surface area (Å²) in [7, 11) is 3.34. The molecular formula is C17H24N4O3. The van der Waals surface area contributed by atoms with Gasteiger partial charge in [-0.3, -0.25) is 4.79 Å². The van der Waals surface area contributed by atoms with Crippen LogP contribution in [0.2, 0.25) is 0 Å². The first-order chi connectivity index (χ1) is 11.5. The number of nitrogens with two attached hydrogens (primary N) is 1. The zero-order chi connectivity index (χ0) is 17.7. The number of rotatable bonds is 7. The Morgan fingerprint density at radius 2 is 2.17 bits per heavy atom. The molecule has 1 aromatic heterocycles. The molecule has 24 heavy (non-hydrogen) atoms. The number of carbonyl (C=O) groups excluding carboxylic acids is 1. The normalized spacial score (nSPS) is 10.5. The molecule has 0 saturated carbocycles. The molecule has 2 rings (SSSR count). The van der Waals surface area contributed by atoms with Crippen molar-refractivity contribution in [3.05, 3.63) is 35.5 Å². The van der Waals surface area contributed by atoms with Crippen molar-refractivity contribution >= 4 is 11.7 Å². The monoisotopic (exact) mass is 332 g/mol. The summed E-state index contributed by atoms with van der Waals surface area (Å²) in [5.74, 6) is 1.71. The van der Waals surface area contributed by atoms with Crippen LogP contribution >= 0.6 is 0 Å². The molecule has 0 aliphatic carbocycles. The van der Waals surface area contributed by atoms with Crippen LogP contribution in [0, 0.1) is 6.92 Å². The average Bonchev–Trinajstić information content (AvgIpc) is 2.86. The lowest BCUT2D eigenvalue weighted by Crippen LogP contribution is -2.30. The summed E-state index contributed by atoms with van der Waals surface area (Å²) in [5.41, 5.74) is 7.51. The third kappa shape index (κ3) is 3.98. The molecule has 2 aromatic rings. The number of anilines is 1. The van der Waals surface area contributed by atoms with Crippen LogP contribution in [0.25, 0.3) is 0 Å². The summed E-state index contributed by atoms with van der Waals surface area (Å²) >= 11 is 0. The molecule has 7 heteroatoms. The van der Waals surface area contributed by atoms with Crippen molar-refractivity contribution in [2.75, 3.05) is 26.5 Å². The minimum absolute atomic E-state index is 0.0879. The number of carbonyl (C=O) groups is 1. The molecule has 0 aliphatic heterocycles. The summed E-state index contributed by atoms with van der Waals surface area (Å²) < 4.78 is 12.5. The van der Waals surface area contributed by atoms with Gasteiger partial charge in [-0.15, -0.1) is 0 Å². The highest BCUT2D eigenvalue weighted by molar-refractivity contribution is 5.76. The molecule has 1 amide bonds. The van der Waals surface area contributed by atoms with E-state index in [4.69, 9.17) is 15.2 Å². The Kier molecular flexibility index (Phi) is 5.68. The van der Waals surface area contributed by atoms with Crippen molar-refractivity contribution in [1.82, 2.24) is 14.7 Å². The number of amides is 1. The van der Waals surface area contributed by atoms with Gasteiger partial charge in [0, 0.05) is 25.2 Å². The second kappa shape index (κ2) is 7.72. The lowest BCUT2D eigenvalue weighted by Gasteiger charge is -2.20. The van der Waals surface area contributed by atoms with Crippen molar-refractivity contribution in [1.29, 1.82) is 0 Å². The minimum Gasteiger partial charge on any atom is -0.493 e. The molecule has 1 heterocycles. The van der Waals surface area contributed by atoms with Gasteiger partial charge in [0.25, 0.3) is 0 Å². The molecule has 0 aliphatic rings. The predicted octanol–water partition coefficient (Wildman–Crippen LogP) is 1.84. The van der Waals surface area contributed by atoms with Gasteiger partial charge in [-0.1, -0.05) is 12.1 Å². The van der Waals surface area contributed by atoms with E-state index in [0.717, 1.165) is 11.3 Å². The molecule has 130 valence electrons. The van der Waals surface area contributed by atoms with E-state index in [9.17, 15) is 4.79 Å². The van der Waals surface area contributed by atoms with Gasteiger partial charge in [0.2, 0.25) is 5.91 Å². The van der Waals surface area contributed by atoms with E-state index >= 15 is 0 Å². The summed E-state index contributed by atoms with van der Waals surface area (Å²) in [6, 6.07) is 7.37. The number of aryl methyl sites for hydroxylation is 1. The zero-order valence-corrected chi connectivity index (χ0v) is 14.6. The van der Waals surface area contributed by atoms with Gasteiger partial charge in [-0.2, -0.15) is 5.10 Å². The van der Waals surface area contributed by atoms with Gasteiger partial charge >= 0.3 is 0 Å². The number of nitrogen functional groups attached to an aromatic ring is 1. The van der Waals surface area contributed by atoms with Crippen LogP contribution in [0.15, 0.2) is 24.3 Å². The van der Waals surface area contributed by atoms with Gasteiger partial charge in [0.15, 0.2) is 11.5 Å². The summed E-state index contributed by atoms with van der Waals surface area (Å²) in [6.45, 7) is 4.78. The number of aromatic nitrogens is 2. The standard InChI is InChI=1S/C17H24N4O3/c1-5-24-17-13(7-6-8-14(17)23-4)10-20(3)16(22)11-21-15(18)9-12(2)19-21/h6-9H,5,10-11,18H2,1-4H3. The van der Waals surface area contributed by atoms with E-state index < -0.39 is 0 Å². The van der Waals surface area contributed by atoms with Crippen molar-refractivity contribution in [3.8, 4) is 11.5 Å². The number of benzene rings is 1. The van der Waals surface area contributed by atoms with E-state index in [1.54, 1.807) is 25.1 Å². The van der Waals surface area contributed by atoms with Crippen LogP contribution in [-0.4, -0.2) is 41.4 Å². The molecule has 0 saturated heterocycles. The average molecular weight is 332 g/mol. The lowest BCUT2D eigenvalue weighted by atomic mass is 10.1. The first-order valence-corrected chi connectivity index (χ1v) is 7.78. The number of methoxy groups -OCH3 is 1. The fourth-order valence-electron chi connectivity index (χ4n) is 2.44. The van der Waals surface area contributed by atoms with E-state index in [1.165, 1.54) is 4.68 Å². The molecule has 1 aromatic carbocycles. The first-order valence-electron chi connectivity index (χ1n) is 7.78. The van der Waals surface area contributed by atoms with E-state index in [2.05, 4.69) is 5.10 Å². The highest BCUT2D eigenvalue weighted by Crippen LogP contribution is 2.31. The van der Waals surface area contributed by atoms with Gasteiger partial charge in [-0.05, 0) is 19.9 Å². The van der Waals surface area contributed by atoms with Crippen LogP contribution in [0.3, 0.4) is 0 Å². The Hall–Kier alpha value is -2.70. The van der Waals surface area contributed by atoms with Crippen LogP contribution in [-0.2, 0) is 17.9 Å². The summed E-state index contributed by atoms with van der Waals surface area (Å²) in [5, 5.41) is 4.21. The SMILES string of the molecule is CCOc1c(CN(C)C(=O)Cn2nc(C)cc2N)cccc1OC. The molecule has 0 radical (unpaired) electrons. The topological polar surface area (TPSA) is 82.6 Å². The molecule has 0 bridgehead atoms. The largest absolute Gasteiger partial charge is 0.493 e. The molecule has 7 nitrogen and oxygen atoms in total. The fourth-order valence-corrected chi connectivity index (χ4v) is 2.44. The molecule has 0 atom stereocenters. The number of likely N-dealkylation sites (N-methyl/N-ethyl adjacent to an activating group) is 1. The Morgan fingerprint density at radius 1 is 1.42 bits per heavy atom. The van der Waals surface area contributed by atoms with Gasteiger partial charge in [-0.25, -0.2) is 4.68 Å². The van der Waals surface area contributed by atoms with Crippen molar-refractivity contribution in [2.45, 2.75) is 26.9 Å². The van der Waals surface area contributed by atoms with Crippen molar-refractivity contribution < 1.29 is 14.3 Å². The van der Waals surface area contributed by atoms with Crippen molar-refractivity contribution in [2.24, 2.45) is 0 Å². The summed E-state index contributed by atoms with van der Waals surface area (Å²) in [4.78, 5) is 14.1. The number of hydrogen-bond acceptors (Lipinski definition) is 5. The molecule has 0 unspecified atom stereocenters. The van der Waals surface area contributed by atoms with Crippen LogP contribution < -0.4 is 15.2 Å². The number of nitrogens with zero attached hydrogens (tertiary/aromatic N) is 3. The number of hydrogen-bond donors (Lipinski definition) is 1. The molecule has 2 N–H and O–H groups in total. The van der Waals surface area contributed by atoms with Crippen LogP contribution in [0.4, 0.5) is 5.82 Å². The number of ether oxygens (including phenoxy) is 2. The Balaban J connectivity index is 2.12. The Morgan fingerprint density at radius 3 is 2.75 bits per heavy atom. The van der Waals surface area contributed by atoms with Gasteiger partial charge in [0.1, 0.15) is 12.4 Å². The van der Waals surface area contributed by atoms with E-state index in [-0.39, 0.29) is 12.5 Å². The smallest absolute Gasteiger partial charge is 0.244 e. The quantitative estimate of drug-likeness (QED) is 0.836. The second-order valence-corrected chi connectivity index (χ2v) is 5.50. The Bertz CT molecular complexity index is 712. The van der Waals surface area contributed by atoms with E-state index in [1.807, 2.05) is 32.0 Å². The highest BCUT2D eigenvalue weighted by Gasteiger charge is 2.16. The van der Waals surface area contributed by atoms with E-state index in [0.29, 0.717) is 30.5 Å². The molecule has 0 fully saturated rings. The maximum atomic E-state index is 12.4. The fraction of sp³-hybridized carbons (Fsp3) is 0.412.